The summed E-state index contributed by atoms with van der Waals surface area (Å²) < 4.78 is 1.03. The molecule has 0 aromatic rings. The number of piperidine rings is 1. The Balaban J connectivity index is 2.24. The average Bonchev–Trinajstić information content (AvgIpc) is 2.03. The largest absolute Gasteiger partial charge is 0.313 e. The van der Waals surface area contributed by atoms with Gasteiger partial charge in [0.1, 0.15) is 0 Å². The van der Waals surface area contributed by atoms with Crippen molar-refractivity contribution in [2.75, 3.05) is 13.1 Å². The molecular formula is C9H17BrN2. The predicted molar refractivity (Wildman–Crippen MR) is 56.6 cm³/mol. The minimum atomic E-state index is 0.589. The van der Waals surface area contributed by atoms with Crippen LogP contribution in [0.3, 0.4) is 0 Å². The second-order valence-corrected chi connectivity index (χ2v) is 4.51. The van der Waals surface area contributed by atoms with Crippen LogP contribution in [0.2, 0.25) is 0 Å². The van der Waals surface area contributed by atoms with Crippen LogP contribution in [0, 0.1) is 0 Å². The Bertz CT molecular complexity index is 159. The van der Waals surface area contributed by atoms with Crippen LogP contribution in [-0.4, -0.2) is 25.2 Å². The van der Waals surface area contributed by atoms with Gasteiger partial charge in [-0.25, -0.2) is 0 Å². The van der Waals surface area contributed by atoms with E-state index in [1.807, 2.05) is 0 Å². The summed E-state index contributed by atoms with van der Waals surface area (Å²) in [5, 5.41) is 6.91. The summed E-state index contributed by atoms with van der Waals surface area (Å²) in [4.78, 5) is 0. The van der Waals surface area contributed by atoms with Crippen molar-refractivity contribution in [3.05, 3.63) is 11.1 Å². The van der Waals surface area contributed by atoms with E-state index in [4.69, 9.17) is 0 Å². The minimum absolute atomic E-state index is 0.589. The standard InChI is InChI=1S/C9H17BrN2/c1-7(10)6-12-9-4-3-5-11-8(9)2/h8-9,11-12H,1,3-6H2,2H3. The van der Waals surface area contributed by atoms with Crippen LogP contribution in [0.5, 0.6) is 0 Å². The van der Waals surface area contributed by atoms with E-state index in [-0.39, 0.29) is 0 Å². The number of hydrogen-bond donors (Lipinski definition) is 2. The normalized spacial score (nSPS) is 30.2. The minimum Gasteiger partial charge on any atom is -0.313 e. The van der Waals surface area contributed by atoms with Gasteiger partial charge in [-0.15, -0.1) is 0 Å². The Kier molecular flexibility index (Phi) is 4.26. The van der Waals surface area contributed by atoms with Gasteiger partial charge in [-0.2, -0.15) is 0 Å². The molecule has 1 aliphatic rings. The topological polar surface area (TPSA) is 24.1 Å². The molecule has 1 aliphatic heterocycles. The highest BCUT2D eigenvalue weighted by Crippen LogP contribution is 2.09. The molecule has 3 heteroatoms. The van der Waals surface area contributed by atoms with Gasteiger partial charge in [0.15, 0.2) is 0 Å². The SMILES string of the molecule is C=C(Br)CNC1CCCNC1C. The molecule has 0 bridgehead atoms. The van der Waals surface area contributed by atoms with Crippen LogP contribution >= 0.6 is 15.9 Å². The van der Waals surface area contributed by atoms with Gasteiger partial charge in [-0.05, 0) is 26.3 Å². The van der Waals surface area contributed by atoms with Gasteiger partial charge >= 0.3 is 0 Å². The Labute approximate surface area is 82.9 Å². The maximum Gasteiger partial charge on any atom is 0.0268 e. The van der Waals surface area contributed by atoms with Crippen LogP contribution in [0.25, 0.3) is 0 Å². The number of rotatable bonds is 3. The fourth-order valence-corrected chi connectivity index (χ4v) is 1.73. The third-order valence-electron chi connectivity index (χ3n) is 2.32. The van der Waals surface area contributed by atoms with Gasteiger partial charge in [0.05, 0.1) is 0 Å². The molecule has 1 fully saturated rings. The highest BCUT2D eigenvalue weighted by molar-refractivity contribution is 9.11. The van der Waals surface area contributed by atoms with E-state index in [1.165, 1.54) is 12.8 Å². The van der Waals surface area contributed by atoms with Crippen molar-refractivity contribution < 1.29 is 0 Å². The molecule has 2 N–H and O–H groups in total. The van der Waals surface area contributed by atoms with Crippen LogP contribution < -0.4 is 10.6 Å². The molecule has 1 saturated heterocycles. The van der Waals surface area contributed by atoms with E-state index < -0.39 is 0 Å². The highest BCUT2D eigenvalue weighted by atomic mass is 79.9. The van der Waals surface area contributed by atoms with Gasteiger partial charge in [-0.3, -0.25) is 0 Å². The zero-order valence-electron chi connectivity index (χ0n) is 7.57. The summed E-state index contributed by atoms with van der Waals surface area (Å²) in [5.74, 6) is 0. The molecular weight excluding hydrogens is 216 g/mol. The lowest BCUT2D eigenvalue weighted by Crippen LogP contribution is -2.50. The van der Waals surface area contributed by atoms with Crippen molar-refractivity contribution in [1.29, 1.82) is 0 Å². The van der Waals surface area contributed by atoms with E-state index in [9.17, 15) is 0 Å². The van der Waals surface area contributed by atoms with Crippen molar-refractivity contribution in [2.24, 2.45) is 0 Å². The molecule has 2 unspecified atom stereocenters. The molecule has 0 radical (unpaired) electrons. The van der Waals surface area contributed by atoms with Gasteiger partial charge in [-0.1, -0.05) is 22.5 Å². The first-order chi connectivity index (χ1) is 5.70. The second-order valence-electron chi connectivity index (χ2n) is 3.39. The molecule has 1 rings (SSSR count). The van der Waals surface area contributed by atoms with Crippen molar-refractivity contribution in [3.8, 4) is 0 Å². The quantitative estimate of drug-likeness (QED) is 0.774. The summed E-state index contributed by atoms with van der Waals surface area (Å²) in [5.41, 5.74) is 0. The summed E-state index contributed by atoms with van der Waals surface area (Å²) >= 11 is 3.34. The van der Waals surface area contributed by atoms with Crippen LogP contribution in [0.4, 0.5) is 0 Å². The fourth-order valence-electron chi connectivity index (χ4n) is 1.56. The lowest BCUT2D eigenvalue weighted by Gasteiger charge is -2.30. The Hall–Kier alpha value is 0.140. The zero-order chi connectivity index (χ0) is 8.97. The highest BCUT2D eigenvalue weighted by Gasteiger charge is 2.19. The van der Waals surface area contributed by atoms with Crippen LogP contribution in [-0.2, 0) is 0 Å². The van der Waals surface area contributed by atoms with E-state index >= 15 is 0 Å². The van der Waals surface area contributed by atoms with Crippen molar-refractivity contribution in [1.82, 2.24) is 10.6 Å². The Morgan fingerprint density at radius 1 is 1.75 bits per heavy atom. The van der Waals surface area contributed by atoms with E-state index in [1.54, 1.807) is 0 Å². The predicted octanol–water partition coefficient (Wildman–Crippen LogP) is 1.63. The fraction of sp³-hybridized carbons (Fsp3) is 0.778. The summed E-state index contributed by atoms with van der Waals surface area (Å²) in [6.45, 7) is 8.06. The monoisotopic (exact) mass is 232 g/mol. The lowest BCUT2D eigenvalue weighted by molar-refractivity contribution is 0.325. The van der Waals surface area contributed by atoms with Gasteiger partial charge in [0.2, 0.25) is 0 Å². The lowest BCUT2D eigenvalue weighted by atomic mass is 10.00. The molecule has 1 heterocycles. The first-order valence-corrected chi connectivity index (χ1v) is 5.29. The maximum atomic E-state index is 3.80. The number of halogens is 1. The Morgan fingerprint density at radius 3 is 3.08 bits per heavy atom. The van der Waals surface area contributed by atoms with Crippen LogP contribution in [0.15, 0.2) is 11.1 Å². The number of nitrogens with one attached hydrogen (secondary N) is 2. The molecule has 0 aromatic carbocycles. The second kappa shape index (κ2) is 5.00. The van der Waals surface area contributed by atoms with Gasteiger partial charge < -0.3 is 10.6 Å². The van der Waals surface area contributed by atoms with Crippen molar-refractivity contribution >= 4 is 15.9 Å². The first-order valence-electron chi connectivity index (χ1n) is 4.50. The van der Waals surface area contributed by atoms with E-state index in [0.717, 1.165) is 17.6 Å². The molecule has 0 aromatic heterocycles. The smallest absolute Gasteiger partial charge is 0.0268 e. The van der Waals surface area contributed by atoms with Crippen molar-refractivity contribution in [3.63, 3.8) is 0 Å². The van der Waals surface area contributed by atoms with Crippen molar-refractivity contribution in [2.45, 2.75) is 31.8 Å². The van der Waals surface area contributed by atoms with E-state index in [0.29, 0.717) is 12.1 Å². The summed E-state index contributed by atoms with van der Waals surface area (Å²) in [6.07, 6.45) is 2.55. The first kappa shape index (κ1) is 10.2. The molecule has 2 atom stereocenters. The third-order valence-corrected chi connectivity index (χ3v) is 2.60. The van der Waals surface area contributed by atoms with Gasteiger partial charge in [0.25, 0.3) is 0 Å². The third kappa shape index (κ3) is 3.25. The summed E-state index contributed by atoms with van der Waals surface area (Å²) in [6, 6.07) is 1.19. The molecule has 0 amide bonds. The van der Waals surface area contributed by atoms with Gasteiger partial charge in [0, 0.05) is 23.1 Å². The number of hydrogen-bond acceptors (Lipinski definition) is 2. The van der Waals surface area contributed by atoms with Crippen LogP contribution in [0.1, 0.15) is 19.8 Å². The molecule has 2 nitrogen and oxygen atoms in total. The molecule has 70 valence electrons. The molecule has 0 saturated carbocycles. The molecule has 12 heavy (non-hydrogen) atoms. The summed E-state index contributed by atoms with van der Waals surface area (Å²) in [7, 11) is 0. The average molecular weight is 233 g/mol. The maximum absolute atomic E-state index is 3.80. The Morgan fingerprint density at radius 2 is 2.50 bits per heavy atom. The van der Waals surface area contributed by atoms with E-state index in [2.05, 4.69) is 40.1 Å². The molecule has 0 spiro atoms. The zero-order valence-corrected chi connectivity index (χ0v) is 9.15. The molecule has 0 aliphatic carbocycles.